The number of unbranched alkanes of at least 4 members (excludes halogenated alkanes) is 5. The first-order chi connectivity index (χ1) is 11.2. The fourth-order valence-corrected chi connectivity index (χ4v) is 2.96. The molecule has 0 atom stereocenters. The van der Waals surface area contributed by atoms with Gasteiger partial charge in [0.25, 0.3) is 5.82 Å². The summed E-state index contributed by atoms with van der Waals surface area (Å²) in [6, 6.07) is 6.19. The van der Waals surface area contributed by atoms with Gasteiger partial charge in [0.05, 0.1) is 20.8 Å². The third-order valence-corrected chi connectivity index (χ3v) is 4.57. The van der Waals surface area contributed by atoms with Gasteiger partial charge < -0.3 is 21.9 Å². The van der Waals surface area contributed by atoms with E-state index in [2.05, 4.69) is 42.2 Å². The molecule has 0 fully saturated rings. The molecule has 0 bridgehead atoms. The van der Waals surface area contributed by atoms with Crippen LogP contribution in [-0.2, 0) is 18.5 Å². The quantitative estimate of drug-likeness (QED) is 0.472. The highest BCUT2D eigenvalue weighted by molar-refractivity contribution is 5.74. The minimum absolute atomic E-state index is 0. The molecule has 0 radical (unpaired) electrons. The van der Waals surface area contributed by atoms with Crippen molar-refractivity contribution in [2.75, 3.05) is 13.7 Å². The summed E-state index contributed by atoms with van der Waals surface area (Å²) in [4.78, 5) is 0. The number of aryl methyl sites for hydroxylation is 1. The zero-order chi connectivity index (χ0) is 16.7. The maximum atomic E-state index is 5.91. The van der Waals surface area contributed by atoms with Gasteiger partial charge in [-0.15, -0.1) is 0 Å². The summed E-state index contributed by atoms with van der Waals surface area (Å²) in [6.07, 6.45) is 7.76. The first-order valence-electron chi connectivity index (χ1n) is 8.79. The Hall–Kier alpha value is -1.26. The molecule has 0 spiro atoms. The molecule has 0 aliphatic heterocycles. The lowest BCUT2D eigenvalue weighted by Gasteiger charge is -2.04. The highest BCUT2D eigenvalue weighted by atomic mass is 35.5. The number of halogens is 1. The monoisotopic (exact) mass is 354 g/mol. The van der Waals surface area contributed by atoms with Crippen LogP contribution in [0.4, 0.5) is 0 Å². The van der Waals surface area contributed by atoms with E-state index in [1.165, 1.54) is 43.4 Å². The van der Waals surface area contributed by atoms with E-state index < -0.39 is 0 Å². The Balaban J connectivity index is 0.00000288. The van der Waals surface area contributed by atoms with E-state index in [0.717, 1.165) is 24.3 Å². The van der Waals surface area contributed by atoms with Crippen molar-refractivity contribution in [3.63, 3.8) is 0 Å². The number of rotatable bonds is 10. The second-order valence-electron chi connectivity index (χ2n) is 6.19. The van der Waals surface area contributed by atoms with E-state index in [1.807, 2.05) is 6.07 Å². The lowest BCUT2D eigenvalue weighted by Crippen LogP contribution is -3.00. The SMILES string of the molecule is CCCCCCCCOCn1c(C)[n+](C)c2ccc(OC)cc21.[Cl-]. The van der Waals surface area contributed by atoms with Gasteiger partial charge in [0.15, 0.2) is 17.8 Å². The molecule has 0 aliphatic rings. The molecule has 5 heteroatoms. The van der Waals surface area contributed by atoms with E-state index >= 15 is 0 Å². The predicted octanol–water partition coefficient (Wildman–Crippen LogP) is 1.12. The van der Waals surface area contributed by atoms with Crippen LogP contribution in [0.3, 0.4) is 0 Å². The Morgan fingerprint density at radius 2 is 1.79 bits per heavy atom. The Bertz CT molecular complexity index is 625. The number of ether oxygens (including phenoxy) is 2. The molecule has 136 valence electrons. The smallest absolute Gasteiger partial charge is 0.255 e. The molecule has 2 rings (SSSR count). The van der Waals surface area contributed by atoms with Crippen molar-refractivity contribution < 1.29 is 26.4 Å². The number of benzene rings is 1. The van der Waals surface area contributed by atoms with Crippen LogP contribution in [0.1, 0.15) is 51.3 Å². The molecular weight excluding hydrogens is 324 g/mol. The molecule has 2 aromatic rings. The fourth-order valence-electron chi connectivity index (χ4n) is 2.96. The maximum Gasteiger partial charge on any atom is 0.255 e. The second kappa shape index (κ2) is 10.6. The van der Waals surface area contributed by atoms with Crippen molar-refractivity contribution in [2.24, 2.45) is 7.05 Å². The van der Waals surface area contributed by atoms with Gasteiger partial charge in [-0.2, -0.15) is 0 Å². The first-order valence-corrected chi connectivity index (χ1v) is 8.79. The summed E-state index contributed by atoms with van der Waals surface area (Å²) >= 11 is 0. The van der Waals surface area contributed by atoms with E-state index in [-0.39, 0.29) is 12.4 Å². The summed E-state index contributed by atoms with van der Waals surface area (Å²) in [6.45, 7) is 5.81. The summed E-state index contributed by atoms with van der Waals surface area (Å²) in [5.74, 6) is 2.07. The summed E-state index contributed by atoms with van der Waals surface area (Å²) < 4.78 is 15.7. The van der Waals surface area contributed by atoms with Crippen molar-refractivity contribution in [3.05, 3.63) is 24.0 Å². The van der Waals surface area contributed by atoms with E-state index in [4.69, 9.17) is 9.47 Å². The van der Waals surface area contributed by atoms with Crippen molar-refractivity contribution in [1.29, 1.82) is 0 Å². The second-order valence-corrected chi connectivity index (χ2v) is 6.19. The van der Waals surface area contributed by atoms with E-state index in [1.54, 1.807) is 7.11 Å². The third kappa shape index (κ3) is 5.12. The van der Waals surface area contributed by atoms with Gasteiger partial charge in [-0.3, -0.25) is 0 Å². The van der Waals surface area contributed by atoms with Crippen LogP contribution in [0, 0.1) is 6.92 Å². The lowest BCUT2D eigenvalue weighted by molar-refractivity contribution is -0.652. The number of imidazole rings is 1. The Morgan fingerprint density at radius 3 is 2.50 bits per heavy atom. The molecule has 0 saturated carbocycles. The molecule has 0 unspecified atom stereocenters. The third-order valence-electron chi connectivity index (χ3n) is 4.57. The summed E-state index contributed by atoms with van der Waals surface area (Å²) in [5, 5.41) is 0. The Labute approximate surface area is 152 Å². The molecule has 0 N–H and O–H groups in total. The number of hydrogen-bond donors (Lipinski definition) is 0. The number of nitrogens with zero attached hydrogens (tertiary/aromatic N) is 2. The van der Waals surface area contributed by atoms with Crippen molar-refractivity contribution in [1.82, 2.24) is 4.57 Å². The van der Waals surface area contributed by atoms with Crippen LogP contribution in [-0.4, -0.2) is 18.3 Å². The molecule has 4 nitrogen and oxygen atoms in total. The largest absolute Gasteiger partial charge is 1.00 e. The topological polar surface area (TPSA) is 27.3 Å². The molecule has 1 heterocycles. The molecule has 0 amide bonds. The molecule has 0 saturated heterocycles. The maximum absolute atomic E-state index is 5.91. The van der Waals surface area contributed by atoms with Gasteiger partial charge in [0, 0.05) is 13.0 Å². The van der Waals surface area contributed by atoms with Crippen molar-refractivity contribution >= 4 is 11.0 Å². The van der Waals surface area contributed by atoms with Crippen LogP contribution < -0.4 is 21.7 Å². The van der Waals surface area contributed by atoms with Gasteiger partial charge in [0.1, 0.15) is 5.75 Å². The molecule has 0 aliphatic carbocycles. The Kier molecular flexibility index (Phi) is 9.16. The van der Waals surface area contributed by atoms with Gasteiger partial charge in [-0.05, 0) is 18.6 Å². The van der Waals surface area contributed by atoms with E-state index in [0.29, 0.717) is 6.73 Å². The molecule has 1 aromatic carbocycles. The first kappa shape index (κ1) is 20.8. The average Bonchev–Trinajstić information content (AvgIpc) is 2.81. The zero-order valence-electron chi connectivity index (χ0n) is 15.5. The number of aromatic nitrogens is 2. The number of fused-ring (bicyclic) bond motifs is 1. The minimum atomic E-state index is 0. The lowest BCUT2D eigenvalue weighted by atomic mass is 10.1. The number of methoxy groups -OCH3 is 1. The minimum Gasteiger partial charge on any atom is -1.00 e. The van der Waals surface area contributed by atoms with E-state index in [9.17, 15) is 0 Å². The molecule has 1 aromatic heterocycles. The predicted molar refractivity (Wildman–Crippen MR) is 93.7 cm³/mol. The molecule has 24 heavy (non-hydrogen) atoms. The molecular formula is C19H31ClN2O2. The van der Waals surface area contributed by atoms with Crippen molar-refractivity contribution in [3.8, 4) is 5.75 Å². The summed E-state index contributed by atoms with van der Waals surface area (Å²) in [5.41, 5.74) is 2.36. The van der Waals surface area contributed by atoms with Gasteiger partial charge in [-0.1, -0.05) is 39.0 Å². The number of hydrogen-bond acceptors (Lipinski definition) is 2. The van der Waals surface area contributed by atoms with Gasteiger partial charge in [0.2, 0.25) is 0 Å². The Morgan fingerprint density at radius 1 is 1.08 bits per heavy atom. The standard InChI is InChI=1S/C19H31N2O2.ClH/c1-5-6-7-8-9-10-13-23-15-21-16(2)20(3)18-12-11-17(22-4)14-19(18)21;/h11-12,14H,5-10,13,15H2,1-4H3;1H/q+1;/p-1. The highest BCUT2D eigenvalue weighted by Crippen LogP contribution is 2.20. The van der Waals surface area contributed by atoms with Gasteiger partial charge >= 0.3 is 0 Å². The highest BCUT2D eigenvalue weighted by Gasteiger charge is 2.19. The summed E-state index contributed by atoms with van der Waals surface area (Å²) in [7, 11) is 3.80. The fraction of sp³-hybridized carbons (Fsp3) is 0.632. The van der Waals surface area contributed by atoms with Crippen LogP contribution in [0.5, 0.6) is 5.75 Å². The van der Waals surface area contributed by atoms with Gasteiger partial charge in [-0.25, -0.2) is 9.13 Å². The normalized spacial score (nSPS) is 10.8. The van der Waals surface area contributed by atoms with Crippen LogP contribution >= 0.6 is 0 Å². The zero-order valence-corrected chi connectivity index (χ0v) is 16.2. The average molecular weight is 355 g/mol. The van der Waals surface area contributed by atoms with Crippen LogP contribution in [0.15, 0.2) is 18.2 Å². The van der Waals surface area contributed by atoms with Crippen LogP contribution in [0.25, 0.3) is 11.0 Å². The van der Waals surface area contributed by atoms with Crippen LogP contribution in [0.2, 0.25) is 0 Å². The van der Waals surface area contributed by atoms with Crippen molar-refractivity contribution in [2.45, 2.75) is 59.1 Å².